The highest BCUT2D eigenvalue weighted by atomic mass is 16.6. The summed E-state index contributed by atoms with van der Waals surface area (Å²) in [6.45, 7) is 1.09. The van der Waals surface area contributed by atoms with E-state index in [0.29, 0.717) is 19.6 Å². The van der Waals surface area contributed by atoms with Crippen LogP contribution >= 0.6 is 0 Å². The Morgan fingerprint density at radius 2 is 2.18 bits per heavy atom. The molecule has 1 saturated carbocycles. The number of ether oxygens (including phenoxy) is 1. The van der Waals surface area contributed by atoms with Crippen LogP contribution in [0.3, 0.4) is 0 Å². The van der Waals surface area contributed by atoms with Crippen molar-refractivity contribution in [1.29, 1.82) is 0 Å². The van der Waals surface area contributed by atoms with Crippen LogP contribution in [0.4, 0.5) is 0 Å². The first-order valence-corrected chi connectivity index (χ1v) is 5.69. The monoisotopic (exact) mass is 233 g/mol. The van der Waals surface area contributed by atoms with Crippen LogP contribution in [-0.4, -0.2) is 17.6 Å². The molecule has 1 aliphatic carbocycles. The van der Waals surface area contributed by atoms with Gasteiger partial charge in [0.1, 0.15) is 0 Å². The predicted molar refractivity (Wildman–Crippen MR) is 64.1 cm³/mol. The van der Waals surface area contributed by atoms with Gasteiger partial charge in [-0.25, -0.2) is 0 Å². The number of benzene rings is 1. The van der Waals surface area contributed by atoms with Crippen LogP contribution in [0, 0.1) is 16.0 Å². The minimum atomic E-state index is -0.361. The molecule has 0 unspecified atom stereocenters. The molecule has 0 bridgehead atoms. The van der Waals surface area contributed by atoms with Crippen molar-refractivity contribution in [3.63, 3.8) is 0 Å². The molecule has 4 heteroatoms. The van der Waals surface area contributed by atoms with Crippen LogP contribution in [0.2, 0.25) is 0 Å². The predicted octanol–water partition coefficient (Wildman–Crippen LogP) is 2.42. The molecule has 0 N–H and O–H groups in total. The van der Waals surface area contributed by atoms with Crippen molar-refractivity contribution in [1.82, 2.24) is 0 Å². The summed E-state index contributed by atoms with van der Waals surface area (Å²) in [5, 5.41) is 10.4. The molecule has 0 radical (unpaired) electrons. The van der Waals surface area contributed by atoms with Crippen molar-refractivity contribution in [2.45, 2.75) is 19.1 Å². The minimum absolute atomic E-state index is 0.116. The molecule has 90 valence electrons. The zero-order chi connectivity index (χ0) is 12.1. The third-order valence-electron chi connectivity index (χ3n) is 2.78. The average molecular weight is 233 g/mol. The standard InChI is InChI=1S/C13H15NO3/c15-14(16)13-9-12(13)7-4-8-17-10-11-5-2-1-3-6-11/h1-7,12-13H,8-10H2/b7-4+/t12-,13-/m1/s1. The summed E-state index contributed by atoms with van der Waals surface area (Å²) < 4.78 is 5.44. The largest absolute Gasteiger partial charge is 0.373 e. The molecule has 1 aromatic rings. The van der Waals surface area contributed by atoms with Crippen molar-refractivity contribution >= 4 is 0 Å². The van der Waals surface area contributed by atoms with Gasteiger partial charge in [0.05, 0.1) is 19.1 Å². The Labute approximate surface area is 100 Å². The van der Waals surface area contributed by atoms with Crippen molar-refractivity contribution in [3.05, 3.63) is 58.2 Å². The quantitative estimate of drug-likeness (QED) is 0.328. The highest BCUT2D eigenvalue weighted by Gasteiger charge is 2.46. The fourth-order valence-electron chi connectivity index (χ4n) is 1.70. The summed E-state index contributed by atoms with van der Waals surface area (Å²) in [4.78, 5) is 10.2. The molecule has 2 atom stereocenters. The molecule has 2 rings (SSSR count). The summed E-state index contributed by atoms with van der Waals surface area (Å²) in [7, 11) is 0. The SMILES string of the molecule is O=[N+]([O-])[C@@H]1C[C@H]1/C=C/COCc1ccccc1. The molecule has 17 heavy (non-hydrogen) atoms. The van der Waals surface area contributed by atoms with E-state index >= 15 is 0 Å². The van der Waals surface area contributed by atoms with Gasteiger partial charge in [-0.15, -0.1) is 0 Å². The lowest BCUT2D eigenvalue weighted by Gasteiger charge is -2.00. The van der Waals surface area contributed by atoms with E-state index in [9.17, 15) is 10.1 Å². The van der Waals surface area contributed by atoms with Gasteiger partial charge < -0.3 is 4.74 Å². The van der Waals surface area contributed by atoms with Gasteiger partial charge in [-0.05, 0) is 5.56 Å². The Kier molecular flexibility index (Phi) is 3.88. The molecule has 0 amide bonds. The van der Waals surface area contributed by atoms with E-state index < -0.39 is 0 Å². The third kappa shape index (κ3) is 3.67. The molecule has 0 aromatic heterocycles. The van der Waals surface area contributed by atoms with Crippen molar-refractivity contribution in [2.75, 3.05) is 6.61 Å². The molecular formula is C13H15NO3. The average Bonchev–Trinajstić information content (AvgIpc) is 3.10. The Hall–Kier alpha value is -1.68. The first-order valence-electron chi connectivity index (χ1n) is 5.69. The second-order valence-electron chi connectivity index (χ2n) is 4.18. The Bertz CT molecular complexity index is 402. The lowest BCUT2D eigenvalue weighted by Crippen LogP contribution is -2.02. The molecule has 4 nitrogen and oxygen atoms in total. The molecular weight excluding hydrogens is 218 g/mol. The topological polar surface area (TPSA) is 52.4 Å². The highest BCUT2D eigenvalue weighted by Crippen LogP contribution is 2.33. The van der Waals surface area contributed by atoms with Gasteiger partial charge in [0.2, 0.25) is 6.04 Å². The van der Waals surface area contributed by atoms with Crippen molar-refractivity contribution < 1.29 is 9.66 Å². The van der Waals surface area contributed by atoms with Gasteiger partial charge in [-0.1, -0.05) is 42.5 Å². The normalized spacial score (nSPS) is 22.8. The summed E-state index contributed by atoms with van der Waals surface area (Å²) in [5.74, 6) is 0.116. The molecule has 1 aliphatic rings. The van der Waals surface area contributed by atoms with Crippen LogP contribution in [0.5, 0.6) is 0 Å². The van der Waals surface area contributed by atoms with Crippen LogP contribution in [0.25, 0.3) is 0 Å². The van der Waals surface area contributed by atoms with Gasteiger partial charge in [0.25, 0.3) is 0 Å². The molecule has 0 saturated heterocycles. The second-order valence-corrected chi connectivity index (χ2v) is 4.18. The van der Waals surface area contributed by atoms with Crippen molar-refractivity contribution in [3.8, 4) is 0 Å². The maximum Gasteiger partial charge on any atom is 0.220 e. The van der Waals surface area contributed by atoms with E-state index in [2.05, 4.69) is 0 Å². The molecule has 0 aliphatic heterocycles. The maximum absolute atomic E-state index is 10.4. The molecule has 0 heterocycles. The van der Waals surface area contributed by atoms with Crippen LogP contribution in [-0.2, 0) is 11.3 Å². The Balaban J connectivity index is 1.61. The first-order chi connectivity index (χ1) is 8.27. The lowest BCUT2D eigenvalue weighted by molar-refractivity contribution is -0.497. The van der Waals surface area contributed by atoms with E-state index in [0.717, 1.165) is 5.56 Å². The number of rotatable bonds is 6. The van der Waals surface area contributed by atoms with Crippen LogP contribution < -0.4 is 0 Å². The van der Waals surface area contributed by atoms with Gasteiger partial charge >= 0.3 is 0 Å². The Morgan fingerprint density at radius 1 is 1.41 bits per heavy atom. The summed E-state index contributed by atoms with van der Waals surface area (Å²) in [6.07, 6.45) is 4.43. The van der Waals surface area contributed by atoms with Gasteiger partial charge in [0.15, 0.2) is 0 Å². The fourth-order valence-corrected chi connectivity index (χ4v) is 1.70. The number of nitrogens with zero attached hydrogens (tertiary/aromatic N) is 1. The van der Waals surface area contributed by atoms with E-state index in [4.69, 9.17) is 4.74 Å². The lowest BCUT2D eigenvalue weighted by atomic mass is 10.2. The van der Waals surface area contributed by atoms with Crippen LogP contribution in [0.1, 0.15) is 12.0 Å². The maximum atomic E-state index is 10.4. The minimum Gasteiger partial charge on any atom is -0.373 e. The van der Waals surface area contributed by atoms with Gasteiger partial charge in [0, 0.05) is 11.3 Å². The van der Waals surface area contributed by atoms with Gasteiger partial charge in [-0.3, -0.25) is 10.1 Å². The van der Waals surface area contributed by atoms with Gasteiger partial charge in [-0.2, -0.15) is 0 Å². The Morgan fingerprint density at radius 3 is 2.82 bits per heavy atom. The molecule has 0 spiro atoms. The zero-order valence-electron chi connectivity index (χ0n) is 9.49. The molecule has 1 aromatic carbocycles. The van der Waals surface area contributed by atoms with E-state index in [1.165, 1.54) is 0 Å². The fraction of sp³-hybridized carbons (Fsp3) is 0.385. The first kappa shape index (κ1) is 11.8. The van der Waals surface area contributed by atoms with E-state index in [1.54, 1.807) is 0 Å². The smallest absolute Gasteiger partial charge is 0.220 e. The second kappa shape index (κ2) is 5.59. The highest BCUT2D eigenvalue weighted by molar-refractivity contribution is 5.13. The van der Waals surface area contributed by atoms with Crippen molar-refractivity contribution in [2.24, 2.45) is 5.92 Å². The zero-order valence-corrected chi connectivity index (χ0v) is 9.49. The number of hydrogen-bond acceptors (Lipinski definition) is 3. The summed E-state index contributed by atoms with van der Waals surface area (Å²) in [5.41, 5.74) is 1.13. The number of nitro groups is 1. The summed E-state index contributed by atoms with van der Waals surface area (Å²) >= 11 is 0. The third-order valence-corrected chi connectivity index (χ3v) is 2.78. The molecule has 1 fully saturated rings. The summed E-state index contributed by atoms with van der Waals surface area (Å²) in [6, 6.07) is 9.57. The van der Waals surface area contributed by atoms with Crippen LogP contribution in [0.15, 0.2) is 42.5 Å². The van der Waals surface area contributed by atoms with E-state index in [1.807, 2.05) is 42.5 Å². The van der Waals surface area contributed by atoms with E-state index in [-0.39, 0.29) is 16.9 Å². The number of hydrogen-bond donors (Lipinski definition) is 0.